The van der Waals surface area contributed by atoms with Gasteiger partial charge in [-0.25, -0.2) is 4.99 Å². The van der Waals surface area contributed by atoms with Crippen molar-refractivity contribution in [2.75, 3.05) is 6.54 Å². The Balaban J connectivity index is 2.11. The minimum atomic E-state index is -2.91. The Labute approximate surface area is 161 Å². The first-order valence-electron chi connectivity index (χ1n) is 8.69. The van der Waals surface area contributed by atoms with E-state index in [0.29, 0.717) is 23.6 Å². The average Bonchev–Trinajstić information content (AvgIpc) is 2.65. The van der Waals surface area contributed by atoms with Crippen LogP contribution in [-0.4, -0.2) is 24.0 Å². The summed E-state index contributed by atoms with van der Waals surface area (Å²) in [4.78, 5) is 14.8. The van der Waals surface area contributed by atoms with Crippen LogP contribution < -0.4 is 15.4 Å². The molecule has 0 fully saturated rings. The second kappa shape index (κ2) is 10.2. The summed E-state index contributed by atoms with van der Waals surface area (Å²) < 4.78 is 29.7. The van der Waals surface area contributed by atoms with Gasteiger partial charge in [0, 0.05) is 30.8 Å². The largest absolute Gasteiger partial charge is 0.434 e. The van der Waals surface area contributed by atoms with Gasteiger partial charge in [-0.1, -0.05) is 29.8 Å². The van der Waals surface area contributed by atoms with E-state index in [9.17, 15) is 18.9 Å². The SMILES string of the molecule is CCNC(=NCc1cccc([N+](=O)[O-])c1)NCc1cc(C)ccc1OC(F)F. The summed E-state index contributed by atoms with van der Waals surface area (Å²) in [5.74, 6) is 0.557. The van der Waals surface area contributed by atoms with Crippen LogP contribution in [-0.2, 0) is 13.1 Å². The highest BCUT2D eigenvalue weighted by atomic mass is 19.3. The molecule has 0 aliphatic heterocycles. The van der Waals surface area contributed by atoms with Crippen LogP contribution in [0.15, 0.2) is 47.5 Å². The van der Waals surface area contributed by atoms with Crippen LogP contribution in [0.3, 0.4) is 0 Å². The fraction of sp³-hybridized carbons (Fsp3) is 0.316. The Kier molecular flexibility index (Phi) is 7.67. The number of benzene rings is 2. The monoisotopic (exact) mass is 392 g/mol. The summed E-state index contributed by atoms with van der Waals surface area (Å²) in [6, 6.07) is 11.2. The van der Waals surface area contributed by atoms with Crippen LogP contribution in [0, 0.1) is 17.0 Å². The van der Waals surface area contributed by atoms with Gasteiger partial charge in [0.1, 0.15) is 5.75 Å². The van der Waals surface area contributed by atoms with Gasteiger partial charge < -0.3 is 15.4 Å². The number of aliphatic imine (C=N–C) groups is 1. The number of nitrogens with one attached hydrogen (secondary N) is 2. The minimum Gasteiger partial charge on any atom is -0.434 e. The van der Waals surface area contributed by atoms with Crippen LogP contribution in [0.1, 0.15) is 23.6 Å². The quantitative estimate of drug-likeness (QED) is 0.309. The molecule has 0 aliphatic carbocycles. The maximum atomic E-state index is 12.6. The van der Waals surface area contributed by atoms with E-state index in [-0.39, 0.29) is 24.5 Å². The number of hydrogen-bond acceptors (Lipinski definition) is 4. The normalized spacial score (nSPS) is 11.4. The summed E-state index contributed by atoms with van der Waals surface area (Å²) in [6.45, 7) is 1.89. The number of nitro benzene ring substituents is 1. The third kappa shape index (κ3) is 6.49. The molecule has 28 heavy (non-hydrogen) atoms. The smallest absolute Gasteiger partial charge is 0.387 e. The number of ether oxygens (including phenoxy) is 1. The zero-order valence-electron chi connectivity index (χ0n) is 15.6. The molecule has 2 rings (SSSR count). The highest BCUT2D eigenvalue weighted by Crippen LogP contribution is 2.22. The van der Waals surface area contributed by atoms with Crippen molar-refractivity contribution in [3.8, 4) is 5.75 Å². The number of non-ortho nitro benzene ring substituents is 1. The number of nitro groups is 1. The van der Waals surface area contributed by atoms with Crippen LogP contribution in [0.2, 0.25) is 0 Å². The molecule has 2 aromatic rings. The third-order valence-electron chi connectivity index (χ3n) is 3.76. The lowest BCUT2D eigenvalue weighted by atomic mass is 10.1. The van der Waals surface area contributed by atoms with Crippen LogP contribution in [0.4, 0.5) is 14.5 Å². The molecule has 0 saturated heterocycles. The highest BCUT2D eigenvalue weighted by Gasteiger charge is 2.11. The van der Waals surface area contributed by atoms with E-state index in [0.717, 1.165) is 5.56 Å². The highest BCUT2D eigenvalue weighted by molar-refractivity contribution is 5.79. The van der Waals surface area contributed by atoms with Crippen molar-refractivity contribution >= 4 is 11.6 Å². The molecule has 0 aromatic heterocycles. The van der Waals surface area contributed by atoms with Crippen molar-refractivity contribution in [3.63, 3.8) is 0 Å². The average molecular weight is 392 g/mol. The lowest BCUT2D eigenvalue weighted by Crippen LogP contribution is -2.36. The maximum Gasteiger partial charge on any atom is 0.387 e. The second-order valence-corrected chi connectivity index (χ2v) is 5.97. The number of aryl methyl sites for hydroxylation is 1. The lowest BCUT2D eigenvalue weighted by Gasteiger charge is -2.15. The van der Waals surface area contributed by atoms with Crippen molar-refractivity contribution in [2.45, 2.75) is 33.5 Å². The van der Waals surface area contributed by atoms with Crippen molar-refractivity contribution in [1.29, 1.82) is 0 Å². The zero-order valence-corrected chi connectivity index (χ0v) is 15.6. The standard InChI is InChI=1S/C19H22F2N4O3/c1-3-22-19(23-11-14-5-4-6-16(10-14)25(26)27)24-12-15-9-13(2)7-8-17(15)28-18(20)21/h4-10,18H,3,11-12H2,1-2H3,(H2,22,23,24). The van der Waals surface area contributed by atoms with Gasteiger partial charge in [-0.2, -0.15) is 8.78 Å². The predicted octanol–water partition coefficient (Wildman–Crippen LogP) is 3.76. The molecule has 2 aromatic carbocycles. The zero-order chi connectivity index (χ0) is 20.5. The molecule has 0 amide bonds. The van der Waals surface area contributed by atoms with Gasteiger partial charge in [0.2, 0.25) is 0 Å². The molecule has 0 aliphatic rings. The topological polar surface area (TPSA) is 88.8 Å². The molecule has 0 heterocycles. The molecule has 9 heteroatoms. The van der Waals surface area contributed by atoms with Crippen LogP contribution >= 0.6 is 0 Å². The van der Waals surface area contributed by atoms with E-state index in [1.165, 1.54) is 18.2 Å². The van der Waals surface area contributed by atoms with Gasteiger partial charge >= 0.3 is 6.61 Å². The van der Waals surface area contributed by atoms with E-state index in [1.54, 1.807) is 24.3 Å². The van der Waals surface area contributed by atoms with Gasteiger partial charge in [0.05, 0.1) is 11.5 Å². The Morgan fingerprint density at radius 3 is 2.71 bits per heavy atom. The first-order chi connectivity index (χ1) is 13.4. The number of halogens is 2. The molecule has 2 N–H and O–H groups in total. The summed E-state index contributed by atoms with van der Waals surface area (Å²) in [6.07, 6.45) is 0. The predicted molar refractivity (Wildman–Crippen MR) is 103 cm³/mol. The summed E-state index contributed by atoms with van der Waals surface area (Å²) in [7, 11) is 0. The minimum absolute atomic E-state index is 0.000731. The number of nitrogens with zero attached hydrogens (tertiary/aromatic N) is 2. The first-order valence-corrected chi connectivity index (χ1v) is 8.69. The van der Waals surface area contributed by atoms with Crippen LogP contribution in [0.5, 0.6) is 5.75 Å². The fourth-order valence-electron chi connectivity index (χ4n) is 2.52. The van der Waals surface area contributed by atoms with Crippen molar-refractivity contribution in [2.24, 2.45) is 4.99 Å². The van der Waals surface area contributed by atoms with E-state index in [2.05, 4.69) is 20.4 Å². The van der Waals surface area contributed by atoms with Gasteiger partial charge in [-0.15, -0.1) is 0 Å². The molecule has 0 saturated carbocycles. The number of rotatable bonds is 8. The number of alkyl halides is 2. The second-order valence-electron chi connectivity index (χ2n) is 5.97. The molecular weight excluding hydrogens is 370 g/mol. The van der Waals surface area contributed by atoms with Crippen molar-refractivity contribution in [3.05, 3.63) is 69.3 Å². The van der Waals surface area contributed by atoms with E-state index < -0.39 is 11.5 Å². The number of guanidine groups is 1. The molecule has 150 valence electrons. The van der Waals surface area contributed by atoms with Crippen LogP contribution in [0.25, 0.3) is 0 Å². The summed E-state index contributed by atoms with van der Waals surface area (Å²) >= 11 is 0. The van der Waals surface area contributed by atoms with E-state index in [4.69, 9.17) is 0 Å². The van der Waals surface area contributed by atoms with Gasteiger partial charge in [0.25, 0.3) is 5.69 Å². The molecular formula is C19H22F2N4O3. The first kappa shape index (κ1) is 21.1. The number of hydrogen-bond donors (Lipinski definition) is 2. The van der Waals surface area contributed by atoms with Gasteiger partial charge in [-0.3, -0.25) is 10.1 Å². The van der Waals surface area contributed by atoms with E-state index >= 15 is 0 Å². The summed E-state index contributed by atoms with van der Waals surface area (Å²) in [5, 5.41) is 17.0. The fourth-order valence-corrected chi connectivity index (χ4v) is 2.52. The third-order valence-corrected chi connectivity index (χ3v) is 3.76. The molecule has 0 unspecified atom stereocenters. The van der Waals surface area contributed by atoms with Crippen molar-refractivity contribution in [1.82, 2.24) is 10.6 Å². The Hall–Kier alpha value is -3.23. The Morgan fingerprint density at radius 1 is 1.25 bits per heavy atom. The van der Waals surface area contributed by atoms with Crippen molar-refractivity contribution < 1.29 is 18.4 Å². The van der Waals surface area contributed by atoms with Gasteiger partial charge in [0.15, 0.2) is 5.96 Å². The summed E-state index contributed by atoms with van der Waals surface area (Å²) in [5.41, 5.74) is 2.17. The molecule has 0 bridgehead atoms. The molecule has 0 spiro atoms. The Bertz CT molecular complexity index is 844. The molecule has 0 radical (unpaired) electrons. The lowest BCUT2D eigenvalue weighted by molar-refractivity contribution is -0.384. The Morgan fingerprint density at radius 2 is 2.04 bits per heavy atom. The molecule has 0 atom stereocenters. The van der Waals surface area contributed by atoms with E-state index in [1.807, 2.05) is 13.8 Å². The maximum absolute atomic E-state index is 12.6. The van der Waals surface area contributed by atoms with Gasteiger partial charge in [-0.05, 0) is 25.5 Å². The molecule has 7 nitrogen and oxygen atoms in total.